The first-order chi connectivity index (χ1) is 14.0. The van der Waals surface area contributed by atoms with Gasteiger partial charge in [-0.3, -0.25) is 9.59 Å². The Morgan fingerprint density at radius 1 is 1.10 bits per heavy atom. The second-order valence-corrected chi connectivity index (χ2v) is 7.29. The number of hydrogen-bond acceptors (Lipinski definition) is 3. The van der Waals surface area contributed by atoms with Crippen LogP contribution in [0.4, 0.5) is 0 Å². The van der Waals surface area contributed by atoms with Crippen LogP contribution in [0.2, 0.25) is 0 Å². The lowest BCUT2D eigenvalue weighted by Crippen LogP contribution is -2.48. The molecule has 5 nitrogen and oxygen atoms in total. The maximum Gasteiger partial charge on any atom is 0.242 e. The van der Waals surface area contributed by atoms with Crippen LogP contribution in [0.5, 0.6) is 5.75 Å². The second kappa shape index (κ2) is 11.2. The fourth-order valence-corrected chi connectivity index (χ4v) is 3.11. The van der Waals surface area contributed by atoms with E-state index in [4.69, 9.17) is 4.74 Å². The van der Waals surface area contributed by atoms with Gasteiger partial charge in [-0.1, -0.05) is 49.7 Å². The van der Waals surface area contributed by atoms with Gasteiger partial charge >= 0.3 is 0 Å². The summed E-state index contributed by atoms with van der Waals surface area (Å²) in [6, 6.07) is 14.9. The molecule has 0 heterocycles. The predicted octanol–water partition coefficient (Wildman–Crippen LogP) is 3.88. The minimum absolute atomic E-state index is 0.0726. The number of nitrogens with one attached hydrogen (secondary N) is 1. The molecule has 0 aromatic heterocycles. The molecule has 0 radical (unpaired) electrons. The van der Waals surface area contributed by atoms with E-state index < -0.39 is 6.04 Å². The van der Waals surface area contributed by atoms with Gasteiger partial charge in [0.1, 0.15) is 11.8 Å². The highest BCUT2D eigenvalue weighted by molar-refractivity contribution is 5.88. The van der Waals surface area contributed by atoms with E-state index in [1.165, 1.54) is 0 Å². The molecule has 156 valence electrons. The van der Waals surface area contributed by atoms with Crippen LogP contribution in [0.15, 0.2) is 48.5 Å². The first kappa shape index (κ1) is 22.5. The maximum absolute atomic E-state index is 13.2. The molecule has 2 rings (SSSR count). The van der Waals surface area contributed by atoms with Crippen molar-refractivity contribution in [1.82, 2.24) is 10.2 Å². The molecule has 0 bridgehead atoms. The standard InChI is InChI=1S/C24H32N2O3/c1-5-6-15-25-24(28)19(3)26(17-21-10-8-7-9-18(21)2)23(27)16-20-11-13-22(29-4)14-12-20/h7-14,19H,5-6,15-17H2,1-4H3,(H,25,28)/t19-/m0/s1. The SMILES string of the molecule is CCCCNC(=O)[C@H](C)N(Cc1ccccc1C)C(=O)Cc1ccc(OC)cc1. The van der Waals surface area contributed by atoms with E-state index in [-0.39, 0.29) is 18.2 Å². The Bertz CT molecular complexity index is 802. The highest BCUT2D eigenvalue weighted by Crippen LogP contribution is 2.17. The Morgan fingerprint density at radius 3 is 2.41 bits per heavy atom. The predicted molar refractivity (Wildman–Crippen MR) is 116 cm³/mol. The minimum atomic E-state index is -0.544. The van der Waals surface area contributed by atoms with E-state index in [1.807, 2.05) is 55.5 Å². The molecule has 1 N–H and O–H groups in total. The molecule has 29 heavy (non-hydrogen) atoms. The maximum atomic E-state index is 13.2. The van der Waals surface area contributed by atoms with Crippen LogP contribution < -0.4 is 10.1 Å². The van der Waals surface area contributed by atoms with Gasteiger partial charge in [0.05, 0.1) is 13.5 Å². The van der Waals surface area contributed by atoms with E-state index in [2.05, 4.69) is 12.2 Å². The summed E-state index contributed by atoms with van der Waals surface area (Å²) < 4.78 is 5.18. The summed E-state index contributed by atoms with van der Waals surface area (Å²) in [7, 11) is 1.61. The molecular formula is C24H32N2O3. The monoisotopic (exact) mass is 396 g/mol. The number of carbonyl (C=O) groups is 2. The zero-order valence-electron chi connectivity index (χ0n) is 17.9. The lowest BCUT2D eigenvalue weighted by atomic mass is 10.1. The number of rotatable bonds is 10. The number of carbonyl (C=O) groups excluding carboxylic acids is 2. The van der Waals surface area contributed by atoms with Crippen LogP contribution >= 0.6 is 0 Å². The number of nitrogens with zero attached hydrogens (tertiary/aromatic N) is 1. The van der Waals surface area contributed by atoms with Gasteiger partial charge in [0.25, 0.3) is 0 Å². The fraction of sp³-hybridized carbons (Fsp3) is 0.417. The van der Waals surface area contributed by atoms with Gasteiger partial charge < -0.3 is 15.0 Å². The van der Waals surface area contributed by atoms with E-state index in [9.17, 15) is 9.59 Å². The van der Waals surface area contributed by atoms with Gasteiger partial charge in [-0.05, 0) is 49.1 Å². The molecule has 0 fully saturated rings. The van der Waals surface area contributed by atoms with E-state index in [1.54, 1.807) is 18.9 Å². The van der Waals surface area contributed by atoms with Crippen molar-refractivity contribution in [2.45, 2.75) is 52.6 Å². The van der Waals surface area contributed by atoms with Gasteiger partial charge in [0.15, 0.2) is 0 Å². The van der Waals surface area contributed by atoms with E-state index in [0.717, 1.165) is 35.3 Å². The van der Waals surface area contributed by atoms with Crippen molar-refractivity contribution in [3.63, 3.8) is 0 Å². The summed E-state index contributed by atoms with van der Waals surface area (Å²) in [4.78, 5) is 27.5. The van der Waals surface area contributed by atoms with Crippen LogP contribution in [0, 0.1) is 6.92 Å². The van der Waals surface area contributed by atoms with Gasteiger partial charge in [-0.2, -0.15) is 0 Å². The van der Waals surface area contributed by atoms with Crippen molar-refractivity contribution < 1.29 is 14.3 Å². The first-order valence-corrected chi connectivity index (χ1v) is 10.2. The molecule has 0 aliphatic carbocycles. The van der Waals surface area contributed by atoms with Crippen molar-refractivity contribution in [1.29, 1.82) is 0 Å². The quantitative estimate of drug-likeness (QED) is 0.620. The molecule has 0 saturated heterocycles. The molecule has 1 atom stereocenters. The molecule has 0 spiro atoms. The third-order valence-electron chi connectivity index (χ3n) is 5.11. The number of ether oxygens (including phenoxy) is 1. The highest BCUT2D eigenvalue weighted by atomic mass is 16.5. The molecular weight excluding hydrogens is 364 g/mol. The fourth-order valence-electron chi connectivity index (χ4n) is 3.11. The Balaban J connectivity index is 2.18. The summed E-state index contributed by atoms with van der Waals surface area (Å²) in [5.41, 5.74) is 3.04. The number of methoxy groups -OCH3 is 1. The average molecular weight is 397 g/mol. The molecule has 0 saturated carbocycles. The normalized spacial score (nSPS) is 11.6. The lowest BCUT2D eigenvalue weighted by Gasteiger charge is -2.29. The van der Waals surface area contributed by atoms with E-state index in [0.29, 0.717) is 13.1 Å². The van der Waals surface area contributed by atoms with Crippen molar-refractivity contribution in [2.75, 3.05) is 13.7 Å². The Labute approximate surface area is 174 Å². The van der Waals surface area contributed by atoms with Crippen LogP contribution in [0.3, 0.4) is 0 Å². The van der Waals surface area contributed by atoms with Crippen LogP contribution in [-0.2, 0) is 22.6 Å². The summed E-state index contributed by atoms with van der Waals surface area (Å²) in [5, 5.41) is 2.95. The zero-order valence-corrected chi connectivity index (χ0v) is 17.9. The van der Waals surface area contributed by atoms with Crippen molar-refractivity contribution in [3.05, 3.63) is 65.2 Å². The van der Waals surface area contributed by atoms with Gasteiger partial charge in [0, 0.05) is 13.1 Å². The Hall–Kier alpha value is -2.82. The van der Waals surface area contributed by atoms with Crippen molar-refractivity contribution in [2.24, 2.45) is 0 Å². The average Bonchev–Trinajstić information content (AvgIpc) is 2.73. The number of benzene rings is 2. The van der Waals surface area contributed by atoms with Crippen molar-refractivity contribution >= 4 is 11.8 Å². The van der Waals surface area contributed by atoms with Crippen LogP contribution in [0.1, 0.15) is 43.4 Å². The van der Waals surface area contributed by atoms with Crippen LogP contribution in [-0.4, -0.2) is 36.4 Å². The molecule has 2 aromatic carbocycles. The topological polar surface area (TPSA) is 58.6 Å². The Morgan fingerprint density at radius 2 is 1.79 bits per heavy atom. The van der Waals surface area contributed by atoms with Gasteiger partial charge in [-0.15, -0.1) is 0 Å². The van der Waals surface area contributed by atoms with Gasteiger partial charge in [-0.25, -0.2) is 0 Å². The summed E-state index contributed by atoms with van der Waals surface area (Å²) >= 11 is 0. The third kappa shape index (κ3) is 6.63. The molecule has 2 amide bonds. The molecule has 2 aromatic rings. The largest absolute Gasteiger partial charge is 0.497 e. The Kier molecular flexibility index (Phi) is 8.71. The highest BCUT2D eigenvalue weighted by Gasteiger charge is 2.26. The molecule has 0 aliphatic heterocycles. The van der Waals surface area contributed by atoms with Crippen molar-refractivity contribution in [3.8, 4) is 5.75 Å². The van der Waals surface area contributed by atoms with Gasteiger partial charge in [0.2, 0.25) is 11.8 Å². The number of aryl methyl sites for hydroxylation is 1. The summed E-state index contributed by atoms with van der Waals surface area (Å²) in [6.45, 7) is 6.94. The van der Waals surface area contributed by atoms with Crippen LogP contribution in [0.25, 0.3) is 0 Å². The number of unbranched alkanes of at least 4 members (excludes halogenated alkanes) is 1. The molecule has 0 aliphatic rings. The third-order valence-corrected chi connectivity index (χ3v) is 5.11. The summed E-state index contributed by atoms with van der Waals surface area (Å²) in [5.74, 6) is 0.563. The molecule has 5 heteroatoms. The second-order valence-electron chi connectivity index (χ2n) is 7.29. The lowest BCUT2D eigenvalue weighted by molar-refractivity contribution is -0.140. The van der Waals surface area contributed by atoms with E-state index >= 15 is 0 Å². The number of hydrogen-bond donors (Lipinski definition) is 1. The minimum Gasteiger partial charge on any atom is -0.497 e. The number of amides is 2. The zero-order chi connectivity index (χ0) is 21.2. The smallest absolute Gasteiger partial charge is 0.242 e. The first-order valence-electron chi connectivity index (χ1n) is 10.2. The molecule has 0 unspecified atom stereocenters. The summed E-state index contributed by atoms with van der Waals surface area (Å²) in [6.07, 6.45) is 2.18.